The van der Waals surface area contributed by atoms with E-state index in [0.717, 1.165) is 20.6 Å². The number of para-hydroxylation sites is 1. The van der Waals surface area contributed by atoms with Gasteiger partial charge < -0.3 is 16.2 Å². The van der Waals surface area contributed by atoms with Gasteiger partial charge in [-0.15, -0.1) is 11.3 Å². The summed E-state index contributed by atoms with van der Waals surface area (Å²) >= 11 is 1.53. The Morgan fingerprint density at radius 3 is 2.82 bits per heavy atom. The number of hydrogen-bond donors (Lipinski definition) is 3. The average molecular weight is 316 g/mol. The highest BCUT2D eigenvalue weighted by Crippen LogP contribution is 2.33. The van der Waals surface area contributed by atoms with Crippen LogP contribution in [0, 0.1) is 0 Å². The van der Waals surface area contributed by atoms with Crippen molar-refractivity contribution >= 4 is 44.4 Å². The fourth-order valence-electron chi connectivity index (χ4n) is 2.45. The number of fused-ring (bicyclic) bond motifs is 3. The first kappa shape index (κ1) is 14.5. The number of carboxylic acid groups (broad SMARTS) is 1. The third kappa shape index (κ3) is 2.67. The summed E-state index contributed by atoms with van der Waals surface area (Å²) in [6, 6.07) is 7.78. The van der Waals surface area contributed by atoms with E-state index in [-0.39, 0.29) is 0 Å². The number of nitrogens with two attached hydrogens (primary N) is 1. The van der Waals surface area contributed by atoms with Crippen LogP contribution in [0.3, 0.4) is 0 Å². The van der Waals surface area contributed by atoms with E-state index in [4.69, 9.17) is 10.8 Å². The van der Waals surface area contributed by atoms with Crippen molar-refractivity contribution < 1.29 is 9.90 Å². The second kappa shape index (κ2) is 5.10. The van der Waals surface area contributed by atoms with E-state index >= 15 is 0 Å². The van der Waals surface area contributed by atoms with Gasteiger partial charge in [-0.2, -0.15) is 0 Å². The van der Waals surface area contributed by atoms with E-state index < -0.39 is 11.6 Å². The summed E-state index contributed by atoms with van der Waals surface area (Å²) < 4.78 is 0.990. The molecule has 0 spiro atoms. The van der Waals surface area contributed by atoms with Gasteiger partial charge in [-0.1, -0.05) is 18.2 Å². The molecule has 6 nitrogen and oxygen atoms in total. The first-order valence-electron chi connectivity index (χ1n) is 6.80. The van der Waals surface area contributed by atoms with E-state index in [0.29, 0.717) is 17.8 Å². The van der Waals surface area contributed by atoms with Gasteiger partial charge in [0.1, 0.15) is 5.52 Å². The van der Waals surface area contributed by atoms with Crippen molar-refractivity contribution in [2.45, 2.75) is 25.8 Å². The van der Waals surface area contributed by atoms with Gasteiger partial charge >= 0.3 is 6.09 Å². The van der Waals surface area contributed by atoms with Gasteiger partial charge in [0.05, 0.1) is 15.2 Å². The summed E-state index contributed by atoms with van der Waals surface area (Å²) in [6.07, 6.45) is -0.551. The number of pyridine rings is 1. The molecule has 1 amide bonds. The molecule has 2 heterocycles. The lowest BCUT2D eigenvalue weighted by Gasteiger charge is -2.22. The van der Waals surface area contributed by atoms with Crippen LogP contribution in [0.15, 0.2) is 24.3 Å². The molecule has 0 radical (unpaired) electrons. The average Bonchev–Trinajstić information content (AvgIpc) is 2.80. The Hall–Kier alpha value is -2.41. The molecule has 0 fully saturated rings. The highest BCUT2D eigenvalue weighted by molar-refractivity contribution is 7.19. The third-order valence-corrected chi connectivity index (χ3v) is 4.43. The predicted octanol–water partition coefficient (Wildman–Crippen LogP) is 3.02. The molecular weight excluding hydrogens is 300 g/mol. The fourth-order valence-corrected chi connectivity index (χ4v) is 3.79. The van der Waals surface area contributed by atoms with Crippen molar-refractivity contribution in [2.75, 3.05) is 5.73 Å². The number of thiazole rings is 1. The summed E-state index contributed by atoms with van der Waals surface area (Å²) in [5.41, 5.74) is 6.93. The summed E-state index contributed by atoms with van der Waals surface area (Å²) in [5, 5.41) is 13.2. The van der Waals surface area contributed by atoms with Crippen molar-refractivity contribution in [1.29, 1.82) is 0 Å². The highest BCUT2D eigenvalue weighted by Gasteiger charge is 2.23. The Kier molecular flexibility index (Phi) is 3.37. The lowest BCUT2D eigenvalue weighted by molar-refractivity contribution is 0.182. The van der Waals surface area contributed by atoms with Gasteiger partial charge in [0.2, 0.25) is 0 Å². The number of aromatic nitrogens is 2. The minimum atomic E-state index is -1.04. The normalized spacial score (nSPS) is 11.9. The molecule has 114 valence electrons. The smallest absolute Gasteiger partial charge is 0.405 e. The molecule has 0 saturated carbocycles. The van der Waals surface area contributed by atoms with E-state index in [1.54, 1.807) is 0 Å². The van der Waals surface area contributed by atoms with Crippen LogP contribution in [-0.4, -0.2) is 26.7 Å². The van der Waals surface area contributed by atoms with Crippen LogP contribution in [-0.2, 0) is 6.42 Å². The summed E-state index contributed by atoms with van der Waals surface area (Å²) in [6.45, 7) is 3.65. The number of anilines is 1. The number of rotatable bonds is 3. The van der Waals surface area contributed by atoms with Crippen molar-refractivity contribution in [3.05, 3.63) is 29.3 Å². The van der Waals surface area contributed by atoms with E-state index in [1.165, 1.54) is 11.3 Å². The maximum Gasteiger partial charge on any atom is 0.405 e. The second-order valence-corrected chi connectivity index (χ2v) is 6.87. The molecule has 22 heavy (non-hydrogen) atoms. The van der Waals surface area contributed by atoms with E-state index in [2.05, 4.69) is 15.3 Å². The van der Waals surface area contributed by atoms with Crippen molar-refractivity contribution in [3.8, 4) is 0 Å². The molecular formula is C15H16N4O2S. The first-order chi connectivity index (χ1) is 10.4. The maximum atomic E-state index is 10.8. The maximum absolute atomic E-state index is 10.8. The minimum absolute atomic E-state index is 0.403. The molecule has 0 bridgehead atoms. The molecule has 0 aliphatic rings. The zero-order valence-electron chi connectivity index (χ0n) is 12.3. The van der Waals surface area contributed by atoms with Crippen LogP contribution in [0.25, 0.3) is 21.1 Å². The largest absolute Gasteiger partial charge is 0.465 e. The van der Waals surface area contributed by atoms with Gasteiger partial charge in [0.15, 0.2) is 5.82 Å². The SMILES string of the molecule is CC(C)(Cc1nc2c(N)nc3ccccc3c2s1)NC(=O)O. The summed E-state index contributed by atoms with van der Waals surface area (Å²) in [7, 11) is 0. The fraction of sp³-hybridized carbons (Fsp3) is 0.267. The van der Waals surface area contributed by atoms with Gasteiger partial charge in [0.25, 0.3) is 0 Å². The molecule has 3 aromatic rings. The van der Waals surface area contributed by atoms with Crippen molar-refractivity contribution in [1.82, 2.24) is 15.3 Å². The molecule has 3 rings (SSSR count). The number of nitrogens with one attached hydrogen (secondary N) is 1. The van der Waals surface area contributed by atoms with Crippen LogP contribution in [0.5, 0.6) is 0 Å². The molecule has 4 N–H and O–H groups in total. The molecule has 2 aromatic heterocycles. The van der Waals surface area contributed by atoms with Crippen LogP contribution in [0.4, 0.5) is 10.6 Å². The lowest BCUT2D eigenvalue weighted by atomic mass is 10.0. The van der Waals surface area contributed by atoms with Crippen LogP contribution >= 0.6 is 11.3 Å². The van der Waals surface area contributed by atoms with Crippen LogP contribution < -0.4 is 11.1 Å². The highest BCUT2D eigenvalue weighted by atomic mass is 32.1. The molecule has 0 atom stereocenters. The number of nitrogen functional groups attached to an aromatic ring is 1. The van der Waals surface area contributed by atoms with Gasteiger partial charge in [-0.3, -0.25) is 0 Å². The predicted molar refractivity (Wildman–Crippen MR) is 88.3 cm³/mol. The van der Waals surface area contributed by atoms with Crippen molar-refractivity contribution in [2.24, 2.45) is 0 Å². The third-order valence-electron chi connectivity index (χ3n) is 3.34. The minimum Gasteiger partial charge on any atom is -0.465 e. The van der Waals surface area contributed by atoms with Gasteiger partial charge in [0, 0.05) is 17.3 Å². The molecule has 7 heteroatoms. The zero-order valence-corrected chi connectivity index (χ0v) is 13.1. The molecule has 0 saturated heterocycles. The molecule has 0 unspecified atom stereocenters. The monoisotopic (exact) mass is 316 g/mol. The Bertz CT molecular complexity index is 872. The molecule has 1 aromatic carbocycles. The quantitative estimate of drug-likeness (QED) is 0.689. The number of nitrogens with zero attached hydrogens (tertiary/aromatic N) is 2. The zero-order chi connectivity index (χ0) is 15.9. The van der Waals surface area contributed by atoms with E-state index in [9.17, 15) is 4.79 Å². The Balaban J connectivity index is 2.08. The second-order valence-electron chi connectivity index (χ2n) is 5.79. The standard InChI is InChI=1S/C15H16N4O2S/c1-15(2,19-14(20)21)7-10-18-11-12(22-10)8-5-3-4-6-9(8)17-13(11)16/h3-6,19H,7H2,1-2H3,(H2,16,17)(H,20,21). The first-order valence-corrected chi connectivity index (χ1v) is 7.62. The topological polar surface area (TPSA) is 101 Å². The van der Waals surface area contributed by atoms with Crippen LogP contribution in [0.1, 0.15) is 18.9 Å². The number of benzene rings is 1. The van der Waals surface area contributed by atoms with E-state index in [1.807, 2.05) is 38.1 Å². The van der Waals surface area contributed by atoms with Crippen LogP contribution in [0.2, 0.25) is 0 Å². The number of hydrogen-bond acceptors (Lipinski definition) is 5. The Labute approximate surface area is 131 Å². The van der Waals surface area contributed by atoms with Gasteiger partial charge in [-0.25, -0.2) is 14.8 Å². The van der Waals surface area contributed by atoms with Gasteiger partial charge in [-0.05, 0) is 19.9 Å². The molecule has 0 aliphatic heterocycles. The number of carbonyl (C=O) groups is 1. The Morgan fingerprint density at radius 2 is 2.09 bits per heavy atom. The Morgan fingerprint density at radius 1 is 1.36 bits per heavy atom. The lowest BCUT2D eigenvalue weighted by Crippen LogP contribution is -2.44. The molecule has 0 aliphatic carbocycles. The number of amides is 1. The van der Waals surface area contributed by atoms with Crippen molar-refractivity contribution in [3.63, 3.8) is 0 Å². The summed E-state index contributed by atoms with van der Waals surface area (Å²) in [4.78, 5) is 19.8. The summed E-state index contributed by atoms with van der Waals surface area (Å²) in [5.74, 6) is 0.403.